The van der Waals surface area contributed by atoms with Gasteiger partial charge in [0.05, 0.1) is 18.2 Å². The van der Waals surface area contributed by atoms with Gasteiger partial charge < -0.3 is 24.1 Å². The number of ketones is 1. The highest BCUT2D eigenvalue weighted by atomic mass is 19.1. The number of aryl methyl sites for hydroxylation is 1. The zero-order valence-corrected chi connectivity index (χ0v) is 16.7. The summed E-state index contributed by atoms with van der Waals surface area (Å²) in [4.78, 5) is 28.8. The van der Waals surface area contributed by atoms with Crippen molar-refractivity contribution in [3.05, 3.63) is 58.8 Å². The molecule has 1 N–H and O–H groups in total. The number of likely N-dealkylation sites (N-methyl/N-ethyl adjacent to an activating group) is 1. The number of hydrogen-bond donors (Lipinski definition) is 1. The molecular weight excluding hydrogens is 379 g/mol. The highest BCUT2D eigenvalue weighted by Gasteiger charge is 2.47. The Morgan fingerprint density at radius 2 is 2.00 bits per heavy atom. The van der Waals surface area contributed by atoms with Gasteiger partial charge in [0.2, 0.25) is 0 Å². The van der Waals surface area contributed by atoms with Crippen LogP contribution < -0.4 is 4.74 Å². The summed E-state index contributed by atoms with van der Waals surface area (Å²) in [5.41, 5.74) is -0.168. The summed E-state index contributed by atoms with van der Waals surface area (Å²) in [6.07, 6.45) is 0. The van der Waals surface area contributed by atoms with Crippen LogP contribution in [0.15, 0.2) is 40.3 Å². The lowest BCUT2D eigenvalue weighted by Crippen LogP contribution is -2.35. The van der Waals surface area contributed by atoms with Crippen molar-refractivity contribution in [1.82, 2.24) is 9.80 Å². The van der Waals surface area contributed by atoms with Crippen molar-refractivity contribution in [2.45, 2.75) is 13.0 Å². The van der Waals surface area contributed by atoms with Gasteiger partial charge in [-0.25, -0.2) is 4.39 Å². The monoisotopic (exact) mass is 402 g/mol. The minimum Gasteiger partial charge on any atom is -0.507 e. The average Bonchev–Trinajstić information content (AvgIpc) is 3.21. The number of Topliss-reactive ketones (excluding diaryl/α,β-unsaturated/α-hetero) is 1. The maximum absolute atomic E-state index is 13.8. The molecule has 0 bridgehead atoms. The zero-order chi connectivity index (χ0) is 21.3. The fourth-order valence-electron chi connectivity index (χ4n) is 3.32. The number of nitrogens with zero attached hydrogens (tertiary/aromatic N) is 2. The van der Waals surface area contributed by atoms with Gasteiger partial charge >= 0.3 is 0 Å². The number of carbonyl (C=O) groups excluding carboxylic acids is 2. The Bertz CT molecular complexity index is 979. The number of aliphatic hydroxyl groups is 1. The van der Waals surface area contributed by atoms with E-state index in [1.54, 1.807) is 19.1 Å². The van der Waals surface area contributed by atoms with Crippen LogP contribution in [-0.4, -0.2) is 60.9 Å². The number of halogens is 1. The Labute approximate surface area is 168 Å². The lowest BCUT2D eigenvalue weighted by atomic mass is 9.98. The summed E-state index contributed by atoms with van der Waals surface area (Å²) in [5.74, 6) is -1.60. The zero-order valence-electron chi connectivity index (χ0n) is 16.7. The number of benzene rings is 1. The molecule has 2 heterocycles. The normalized spacial score (nSPS) is 18.7. The maximum Gasteiger partial charge on any atom is 0.295 e. The molecule has 1 amide bonds. The van der Waals surface area contributed by atoms with E-state index in [4.69, 9.17) is 9.15 Å². The lowest BCUT2D eigenvalue weighted by Gasteiger charge is -2.24. The Kier molecular flexibility index (Phi) is 5.74. The third kappa shape index (κ3) is 3.88. The van der Waals surface area contributed by atoms with E-state index in [1.807, 2.05) is 19.0 Å². The predicted molar refractivity (Wildman–Crippen MR) is 104 cm³/mol. The molecule has 154 valence electrons. The van der Waals surface area contributed by atoms with Crippen molar-refractivity contribution in [3.8, 4) is 5.75 Å². The predicted octanol–water partition coefficient (Wildman–Crippen LogP) is 2.72. The first-order valence-electron chi connectivity index (χ1n) is 9.08. The van der Waals surface area contributed by atoms with Crippen LogP contribution in [0.25, 0.3) is 5.76 Å². The Hall–Kier alpha value is -3.13. The van der Waals surface area contributed by atoms with Crippen LogP contribution in [0.4, 0.5) is 4.39 Å². The van der Waals surface area contributed by atoms with Crippen LogP contribution >= 0.6 is 0 Å². The van der Waals surface area contributed by atoms with Gasteiger partial charge in [0.25, 0.3) is 11.7 Å². The van der Waals surface area contributed by atoms with Crippen LogP contribution in [-0.2, 0) is 9.59 Å². The first-order chi connectivity index (χ1) is 13.7. The van der Waals surface area contributed by atoms with Crippen molar-refractivity contribution in [2.24, 2.45) is 0 Å². The Morgan fingerprint density at radius 3 is 2.59 bits per heavy atom. The molecule has 1 aromatic carbocycles. The van der Waals surface area contributed by atoms with Gasteiger partial charge in [-0.15, -0.1) is 0 Å². The summed E-state index contributed by atoms with van der Waals surface area (Å²) in [6, 6.07) is 6.04. The van der Waals surface area contributed by atoms with Gasteiger partial charge in [-0.2, -0.15) is 0 Å². The van der Waals surface area contributed by atoms with Crippen LogP contribution in [0.5, 0.6) is 5.75 Å². The quantitative estimate of drug-likeness (QED) is 0.455. The van der Waals surface area contributed by atoms with Crippen LogP contribution in [0, 0.1) is 12.7 Å². The van der Waals surface area contributed by atoms with E-state index in [1.165, 1.54) is 24.1 Å². The van der Waals surface area contributed by atoms with Crippen molar-refractivity contribution in [1.29, 1.82) is 0 Å². The van der Waals surface area contributed by atoms with Gasteiger partial charge in [-0.1, -0.05) is 0 Å². The van der Waals surface area contributed by atoms with E-state index >= 15 is 0 Å². The number of likely N-dealkylation sites (tertiary alicyclic amines) is 1. The number of carbonyl (C=O) groups is 2. The minimum atomic E-state index is -0.920. The topological polar surface area (TPSA) is 83.2 Å². The average molecular weight is 402 g/mol. The van der Waals surface area contributed by atoms with Gasteiger partial charge in [0.1, 0.15) is 34.9 Å². The molecule has 0 spiro atoms. The highest BCUT2D eigenvalue weighted by molar-refractivity contribution is 6.46. The largest absolute Gasteiger partial charge is 0.507 e. The van der Waals surface area contributed by atoms with Crippen molar-refractivity contribution in [3.63, 3.8) is 0 Å². The molecule has 1 aliphatic rings. The molecule has 7 nitrogen and oxygen atoms in total. The SMILES string of the molecule is COc1ccc(F)cc1/C(O)=C1\C(=O)C(=O)N(CCN(C)C)C1c1ccc(C)o1. The third-order valence-electron chi connectivity index (χ3n) is 4.78. The second-order valence-electron chi connectivity index (χ2n) is 7.09. The molecule has 1 fully saturated rings. The summed E-state index contributed by atoms with van der Waals surface area (Å²) >= 11 is 0. The molecule has 0 radical (unpaired) electrons. The number of hydrogen-bond acceptors (Lipinski definition) is 6. The van der Waals surface area contributed by atoms with Crippen LogP contribution in [0.2, 0.25) is 0 Å². The fraction of sp³-hybridized carbons (Fsp3) is 0.333. The number of aliphatic hydroxyl groups excluding tert-OH is 1. The van der Waals surface area contributed by atoms with Crippen LogP contribution in [0.1, 0.15) is 23.1 Å². The van der Waals surface area contributed by atoms with Crippen molar-refractivity contribution >= 4 is 17.4 Å². The molecule has 3 rings (SSSR count). The molecule has 1 unspecified atom stereocenters. The maximum atomic E-state index is 13.8. The third-order valence-corrected chi connectivity index (χ3v) is 4.78. The number of furan rings is 1. The Balaban J connectivity index is 2.19. The summed E-state index contributed by atoms with van der Waals surface area (Å²) in [5, 5.41) is 11.0. The van der Waals surface area contributed by atoms with Gasteiger partial charge in [0, 0.05) is 13.1 Å². The first kappa shape index (κ1) is 20.6. The molecular formula is C21H23FN2O5. The van der Waals surface area contributed by atoms with Gasteiger partial charge in [-0.3, -0.25) is 9.59 Å². The molecule has 2 aromatic rings. The number of rotatable bonds is 6. The fourth-order valence-corrected chi connectivity index (χ4v) is 3.32. The molecule has 0 saturated carbocycles. The van der Waals surface area contributed by atoms with E-state index in [-0.39, 0.29) is 23.4 Å². The first-order valence-corrected chi connectivity index (χ1v) is 9.08. The number of methoxy groups -OCH3 is 1. The molecule has 1 aromatic heterocycles. The number of ether oxygens (including phenoxy) is 1. The molecule has 1 saturated heterocycles. The minimum absolute atomic E-state index is 0.00797. The smallest absolute Gasteiger partial charge is 0.295 e. The van der Waals surface area contributed by atoms with E-state index in [9.17, 15) is 19.1 Å². The van der Waals surface area contributed by atoms with E-state index in [0.717, 1.165) is 6.07 Å². The lowest BCUT2D eigenvalue weighted by molar-refractivity contribution is -0.140. The number of amides is 1. The molecule has 0 aliphatic carbocycles. The molecule has 1 atom stereocenters. The van der Waals surface area contributed by atoms with Crippen molar-refractivity contribution in [2.75, 3.05) is 34.3 Å². The van der Waals surface area contributed by atoms with E-state index in [0.29, 0.717) is 18.1 Å². The van der Waals surface area contributed by atoms with E-state index < -0.39 is 29.3 Å². The summed E-state index contributed by atoms with van der Waals surface area (Å²) in [6.45, 7) is 2.50. The standard InChI is InChI=1S/C21H23FN2O5/c1-12-5-7-16(29-12)18-17(20(26)21(27)24(18)10-9-23(2)3)19(25)14-11-13(22)6-8-15(14)28-4/h5-8,11,18,25H,9-10H2,1-4H3/b19-17+. The Morgan fingerprint density at radius 1 is 1.28 bits per heavy atom. The molecule has 1 aliphatic heterocycles. The second-order valence-corrected chi connectivity index (χ2v) is 7.09. The van der Waals surface area contributed by atoms with E-state index in [2.05, 4.69) is 0 Å². The molecule has 29 heavy (non-hydrogen) atoms. The van der Waals surface area contributed by atoms with Crippen LogP contribution in [0.3, 0.4) is 0 Å². The summed E-state index contributed by atoms with van der Waals surface area (Å²) < 4.78 is 24.7. The second kappa shape index (κ2) is 8.08. The van der Waals surface area contributed by atoms with Gasteiger partial charge in [0.15, 0.2) is 0 Å². The highest BCUT2D eigenvalue weighted by Crippen LogP contribution is 2.41. The van der Waals surface area contributed by atoms with Gasteiger partial charge in [-0.05, 0) is 51.4 Å². The van der Waals surface area contributed by atoms with Crippen molar-refractivity contribution < 1.29 is 28.2 Å². The summed E-state index contributed by atoms with van der Waals surface area (Å²) in [7, 11) is 5.06. The molecule has 8 heteroatoms.